The molecule has 9 heteroatoms. The molecule has 0 bridgehead atoms. The van der Waals surface area contributed by atoms with Gasteiger partial charge in [-0.1, -0.05) is 0 Å². The third-order valence-electron chi connectivity index (χ3n) is 7.77. The van der Waals surface area contributed by atoms with Crippen LogP contribution in [0.3, 0.4) is 0 Å². The molecular weight excluding hydrogens is 458 g/mol. The zero-order chi connectivity index (χ0) is 25.2. The van der Waals surface area contributed by atoms with Gasteiger partial charge in [-0.25, -0.2) is 0 Å². The van der Waals surface area contributed by atoms with Crippen LogP contribution in [0.5, 0.6) is 0 Å². The Morgan fingerprint density at radius 1 is 1.19 bits per heavy atom. The summed E-state index contributed by atoms with van der Waals surface area (Å²) in [5.41, 5.74) is 2.96. The quantitative estimate of drug-likeness (QED) is 0.507. The van der Waals surface area contributed by atoms with E-state index in [1.54, 1.807) is 13.3 Å². The Morgan fingerprint density at radius 2 is 2.00 bits per heavy atom. The molecule has 1 atom stereocenters. The Bertz CT molecular complexity index is 1290. The lowest BCUT2D eigenvalue weighted by molar-refractivity contribution is 0.0505. The number of aromatic nitrogens is 3. The highest BCUT2D eigenvalue weighted by Crippen LogP contribution is 2.30. The number of hydrogen-bond acceptors (Lipinski definition) is 6. The van der Waals surface area contributed by atoms with Crippen LogP contribution in [0, 0.1) is 6.92 Å². The van der Waals surface area contributed by atoms with E-state index >= 15 is 0 Å². The van der Waals surface area contributed by atoms with Gasteiger partial charge in [0.25, 0.3) is 11.5 Å². The van der Waals surface area contributed by atoms with Crippen molar-refractivity contribution in [2.24, 2.45) is 0 Å². The van der Waals surface area contributed by atoms with E-state index in [1.807, 2.05) is 28.6 Å². The van der Waals surface area contributed by atoms with Crippen molar-refractivity contribution in [1.82, 2.24) is 24.6 Å². The predicted octanol–water partition coefficient (Wildman–Crippen LogP) is 3.11. The number of amides is 1. The highest BCUT2D eigenvalue weighted by molar-refractivity contribution is 6.07. The fraction of sp³-hybridized carbons (Fsp3) is 0.593. The number of nitrogens with one attached hydrogen (secondary N) is 1. The molecule has 0 unspecified atom stereocenters. The van der Waals surface area contributed by atoms with Gasteiger partial charge in [0.15, 0.2) is 0 Å². The summed E-state index contributed by atoms with van der Waals surface area (Å²) in [4.78, 5) is 34.0. The van der Waals surface area contributed by atoms with E-state index in [0.717, 1.165) is 67.4 Å². The Hall–Kier alpha value is -2.75. The lowest BCUT2D eigenvalue weighted by Gasteiger charge is -2.40. The maximum Gasteiger partial charge on any atom is 0.259 e. The number of aromatic amines is 1. The summed E-state index contributed by atoms with van der Waals surface area (Å²) in [6, 6.07) is 4.38. The van der Waals surface area contributed by atoms with Crippen LogP contribution in [0.4, 0.5) is 0 Å². The van der Waals surface area contributed by atoms with Gasteiger partial charge >= 0.3 is 0 Å². The molecule has 3 aromatic rings. The number of piperazine rings is 1. The van der Waals surface area contributed by atoms with Crippen LogP contribution < -0.4 is 5.56 Å². The van der Waals surface area contributed by atoms with Crippen molar-refractivity contribution >= 4 is 27.7 Å². The van der Waals surface area contributed by atoms with Crippen LogP contribution in [0.1, 0.15) is 54.6 Å². The van der Waals surface area contributed by atoms with Gasteiger partial charge in [-0.2, -0.15) is 5.10 Å². The molecule has 1 amide bonds. The van der Waals surface area contributed by atoms with Crippen LogP contribution in [0.15, 0.2) is 23.1 Å². The summed E-state index contributed by atoms with van der Waals surface area (Å²) in [6.45, 7) is 9.64. The van der Waals surface area contributed by atoms with E-state index in [1.165, 1.54) is 0 Å². The molecule has 2 fully saturated rings. The molecule has 0 radical (unpaired) electrons. The first-order valence-corrected chi connectivity index (χ1v) is 13.1. The first-order valence-electron chi connectivity index (χ1n) is 13.1. The minimum Gasteiger partial charge on any atom is -0.385 e. The van der Waals surface area contributed by atoms with E-state index in [9.17, 15) is 9.59 Å². The molecule has 2 saturated heterocycles. The monoisotopic (exact) mass is 495 g/mol. The maximum atomic E-state index is 13.7. The summed E-state index contributed by atoms with van der Waals surface area (Å²) in [5, 5.41) is 6.03. The first kappa shape index (κ1) is 24.9. The molecule has 1 N–H and O–H groups in total. The highest BCUT2D eigenvalue weighted by atomic mass is 16.5. The zero-order valence-electron chi connectivity index (χ0n) is 21.6. The second-order valence-corrected chi connectivity index (χ2v) is 10.2. The average Bonchev–Trinajstić information content (AvgIpc) is 3.33. The van der Waals surface area contributed by atoms with Crippen LogP contribution in [0.25, 0.3) is 21.8 Å². The summed E-state index contributed by atoms with van der Waals surface area (Å²) in [6.07, 6.45) is 5.52. The molecule has 0 saturated carbocycles. The third-order valence-corrected chi connectivity index (χ3v) is 7.77. The molecule has 0 aliphatic carbocycles. The van der Waals surface area contributed by atoms with Crippen LogP contribution in [-0.4, -0.2) is 89.6 Å². The van der Waals surface area contributed by atoms with Crippen LogP contribution in [0.2, 0.25) is 0 Å². The van der Waals surface area contributed by atoms with E-state index in [2.05, 4.69) is 21.9 Å². The number of H-pyrrole nitrogens is 1. The largest absolute Gasteiger partial charge is 0.385 e. The van der Waals surface area contributed by atoms with E-state index in [0.29, 0.717) is 43.3 Å². The number of ether oxygens (including phenoxy) is 2. The Labute approximate surface area is 211 Å². The molecule has 9 nitrogen and oxygen atoms in total. The van der Waals surface area contributed by atoms with Gasteiger partial charge in [-0.3, -0.25) is 19.2 Å². The van der Waals surface area contributed by atoms with Gasteiger partial charge in [0.2, 0.25) is 0 Å². The number of hydrogen-bond donors (Lipinski definition) is 1. The number of methoxy groups -OCH3 is 1. The fourth-order valence-corrected chi connectivity index (χ4v) is 5.67. The standard InChI is InChI=1S/C27H37N5O4/c1-18-14-24-22(25-23(26(33)29-24)16-28-32(25)20-6-12-36-13-7-20)15-21(18)27(34)31-10-9-30(19(2)17-31)8-4-5-11-35-3/h14-16,19-20H,4-13,17H2,1-3H3,(H,29,33)/t19-/m0/s1. The number of benzene rings is 1. The third kappa shape index (κ3) is 4.79. The Kier molecular flexibility index (Phi) is 7.41. The summed E-state index contributed by atoms with van der Waals surface area (Å²) < 4.78 is 12.7. The van der Waals surface area contributed by atoms with Gasteiger partial charge in [0.05, 0.1) is 28.7 Å². The van der Waals surface area contributed by atoms with Gasteiger partial charge < -0.3 is 19.4 Å². The highest BCUT2D eigenvalue weighted by Gasteiger charge is 2.28. The second kappa shape index (κ2) is 10.7. The normalized spacial score (nSPS) is 20.0. The molecule has 1 aromatic carbocycles. The van der Waals surface area contributed by atoms with E-state index < -0.39 is 0 Å². The van der Waals surface area contributed by atoms with Crippen molar-refractivity contribution in [3.8, 4) is 0 Å². The summed E-state index contributed by atoms with van der Waals surface area (Å²) >= 11 is 0. The smallest absolute Gasteiger partial charge is 0.259 e. The predicted molar refractivity (Wildman–Crippen MR) is 140 cm³/mol. The molecule has 4 heterocycles. The Morgan fingerprint density at radius 3 is 2.75 bits per heavy atom. The second-order valence-electron chi connectivity index (χ2n) is 10.2. The number of rotatable bonds is 7. The first-order chi connectivity index (χ1) is 17.5. The van der Waals surface area contributed by atoms with Gasteiger partial charge in [0, 0.05) is 63.6 Å². The van der Waals surface area contributed by atoms with Crippen molar-refractivity contribution in [2.75, 3.05) is 53.1 Å². The van der Waals surface area contributed by atoms with Crippen LogP contribution >= 0.6 is 0 Å². The van der Waals surface area contributed by atoms with Gasteiger partial charge in [0.1, 0.15) is 0 Å². The van der Waals surface area contributed by atoms with Crippen molar-refractivity contribution < 1.29 is 14.3 Å². The minimum atomic E-state index is -0.148. The van der Waals surface area contributed by atoms with Crippen molar-refractivity contribution in [1.29, 1.82) is 0 Å². The van der Waals surface area contributed by atoms with Gasteiger partial charge in [-0.05, 0) is 63.8 Å². The molecule has 2 aliphatic heterocycles. The number of carbonyl (C=O) groups is 1. The molecule has 2 aromatic heterocycles. The maximum absolute atomic E-state index is 13.7. The number of aryl methyl sites for hydroxylation is 1. The van der Waals surface area contributed by atoms with E-state index in [-0.39, 0.29) is 17.5 Å². The molecule has 36 heavy (non-hydrogen) atoms. The lowest BCUT2D eigenvalue weighted by atomic mass is 10.0. The molecule has 5 rings (SSSR count). The number of unbranched alkanes of at least 4 members (excludes halogenated alkanes) is 1. The minimum absolute atomic E-state index is 0.0526. The summed E-state index contributed by atoms with van der Waals surface area (Å²) in [7, 11) is 1.74. The number of nitrogens with zero attached hydrogens (tertiary/aromatic N) is 4. The molecule has 0 spiro atoms. The number of pyridine rings is 1. The number of carbonyl (C=O) groups excluding carboxylic acids is 1. The zero-order valence-corrected chi connectivity index (χ0v) is 21.6. The summed E-state index contributed by atoms with van der Waals surface area (Å²) in [5.74, 6) is 0.0526. The number of fused-ring (bicyclic) bond motifs is 3. The SMILES string of the molecule is COCCCCN1CCN(C(=O)c2cc3c(cc2C)[nH]c(=O)c2cnn(C4CCOCC4)c23)C[C@@H]1C. The fourth-order valence-electron chi connectivity index (χ4n) is 5.67. The molecular formula is C27H37N5O4. The lowest BCUT2D eigenvalue weighted by Crippen LogP contribution is -2.53. The molecule has 194 valence electrons. The van der Waals surface area contributed by atoms with Crippen molar-refractivity contribution in [3.05, 3.63) is 39.8 Å². The molecule has 2 aliphatic rings. The Balaban J connectivity index is 1.44. The average molecular weight is 496 g/mol. The van der Waals surface area contributed by atoms with Crippen molar-refractivity contribution in [2.45, 2.75) is 51.6 Å². The van der Waals surface area contributed by atoms with Crippen molar-refractivity contribution in [3.63, 3.8) is 0 Å². The van der Waals surface area contributed by atoms with Crippen LogP contribution in [-0.2, 0) is 9.47 Å². The van der Waals surface area contributed by atoms with Gasteiger partial charge in [-0.15, -0.1) is 0 Å². The van der Waals surface area contributed by atoms with E-state index in [4.69, 9.17) is 9.47 Å². The topological polar surface area (TPSA) is 92.7 Å².